The zero-order chi connectivity index (χ0) is 41.6. The number of phenolic OH excluding ortho intramolecular Hbond substituents is 2. The van der Waals surface area contributed by atoms with E-state index in [1.807, 2.05) is 0 Å². The summed E-state index contributed by atoms with van der Waals surface area (Å²) >= 11 is 0. The van der Waals surface area contributed by atoms with E-state index in [0.29, 0.717) is 0 Å². The van der Waals surface area contributed by atoms with Gasteiger partial charge in [-0.1, -0.05) is 11.6 Å². The summed E-state index contributed by atoms with van der Waals surface area (Å²) in [5.74, 6) is -1.96. The van der Waals surface area contributed by atoms with Gasteiger partial charge in [-0.15, -0.1) is 0 Å². The number of hydrogen-bond donors (Lipinski definition) is 11. The second-order valence-corrected chi connectivity index (χ2v) is 14.6. The topological polar surface area (TPSA) is 308 Å². The molecule has 6 rings (SSSR count). The summed E-state index contributed by atoms with van der Waals surface area (Å²) in [4.78, 5) is 14.6. The number of rotatable bonds is 10. The zero-order valence-corrected chi connectivity index (χ0v) is 31.2. The van der Waals surface area contributed by atoms with Crippen molar-refractivity contribution in [3.8, 4) is 34.3 Å². The van der Waals surface area contributed by atoms with Crippen LogP contribution in [0.25, 0.3) is 22.3 Å². The highest BCUT2D eigenvalue weighted by molar-refractivity contribution is 5.91. The first-order valence-corrected chi connectivity index (χ1v) is 18.2. The molecule has 3 aliphatic rings. The van der Waals surface area contributed by atoms with E-state index in [4.69, 9.17) is 32.8 Å². The van der Waals surface area contributed by atoms with Gasteiger partial charge < -0.3 is 89.0 Å². The van der Waals surface area contributed by atoms with Gasteiger partial charge in [-0.25, -0.2) is 0 Å². The van der Waals surface area contributed by atoms with E-state index in [-0.39, 0.29) is 40.4 Å². The number of hydrogen-bond acceptors (Lipinski definition) is 19. The molecular weight excluding hydrogens is 760 g/mol. The number of aliphatic hydroxyl groups excluding tert-OH is 9. The van der Waals surface area contributed by atoms with Crippen LogP contribution in [0.15, 0.2) is 51.2 Å². The normalized spacial score (nSPS) is 35.8. The highest BCUT2D eigenvalue weighted by Crippen LogP contribution is 2.42. The highest BCUT2D eigenvalue weighted by atomic mass is 16.8. The molecular formula is C38H48O19. The molecule has 0 amide bonds. The first-order valence-electron chi connectivity index (χ1n) is 18.2. The molecule has 11 N–H and O–H groups in total. The van der Waals surface area contributed by atoms with Gasteiger partial charge in [0.05, 0.1) is 18.8 Å². The van der Waals surface area contributed by atoms with Crippen molar-refractivity contribution in [3.63, 3.8) is 0 Å². The Balaban J connectivity index is 1.50. The maximum absolute atomic E-state index is 14.6. The Morgan fingerprint density at radius 1 is 0.737 bits per heavy atom. The van der Waals surface area contributed by atoms with Crippen LogP contribution in [0.3, 0.4) is 0 Å². The quantitative estimate of drug-likeness (QED) is 0.105. The van der Waals surface area contributed by atoms with Gasteiger partial charge in [-0.3, -0.25) is 4.79 Å². The molecule has 1 aromatic heterocycles. The number of benzene rings is 2. The van der Waals surface area contributed by atoms with Gasteiger partial charge in [0.15, 0.2) is 18.2 Å². The molecule has 0 bridgehead atoms. The minimum Gasteiger partial charge on any atom is -0.508 e. The lowest BCUT2D eigenvalue weighted by atomic mass is 9.98. The standard InChI is InChI=1S/C38H48O19/c1-13(2)5-10-18-20(53-37-31(50)28(47)25(44)21(12-39)54-37)11-19(41)22-26(45)34(32(55-33(18)22)16-6-8-17(40)9-7-16)56-38-35(29(48)24(43)15(4)52-38)57-36-30(49)27(46)23(42)14(3)51-36/h5-9,11,14-15,21,23-25,27-31,35-44,46-50H,10,12H2,1-4H3/t14-,15-,21+,23-,24-,25+,27+,28-,29+,30+,31+,35+,36+,37+,38-/m0/s1. The Morgan fingerprint density at radius 2 is 1.33 bits per heavy atom. The summed E-state index contributed by atoms with van der Waals surface area (Å²) in [5, 5.41) is 115. The summed E-state index contributed by atoms with van der Waals surface area (Å²) in [6.07, 6.45) is -22.4. The molecule has 19 nitrogen and oxygen atoms in total. The van der Waals surface area contributed by atoms with E-state index < -0.39 is 121 Å². The third-order valence-electron chi connectivity index (χ3n) is 10.2. The summed E-state index contributed by atoms with van der Waals surface area (Å²) in [6, 6.07) is 6.38. The smallest absolute Gasteiger partial charge is 0.239 e. The molecule has 3 aromatic rings. The van der Waals surface area contributed by atoms with Crippen LogP contribution in [0.1, 0.15) is 33.3 Å². The number of phenols is 2. The number of fused-ring (bicyclic) bond motifs is 1. The van der Waals surface area contributed by atoms with Crippen LogP contribution < -0.4 is 14.9 Å². The maximum atomic E-state index is 14.6. The summed E-state index contributed by atoms with van der Waals surface area (Å²) in [5.41, 5.74) is -0.144. The average Bonchev–Trinajstić information content (AvgIpc) is 3.17. The van der Waals surface area contributed by atoms with Crippen molar-refractivity contribution in [1.29, 1.82) is 0 Å². The molecule has 0 radical (unpaired) electrons. The van der Waals surface area contributed by atoms with Gasteiger partial charge in [0, 0.05) is 17.2 Å². The molecule has 0 aliphatic carbocycles. The predicted octanol–water partition coefficient (Wildman–Crippen LogP) is -1.38. The largest absolute Gasteiger partial charge is 0.508 e. The molecule has 3 aliphatic heterocycles. The van der Waals surface area contributed by atoms with E-state index in [1.165, 1.54) is 38.1 Å². The Labute approximate surface area is 324 Å². The Hall–Kier alpha value is -3.93. The van der Waals surface area contributed by atoms with Crippen LogP contribution in [0.2, 0.25) is 0 Å². The van der Waals surface area contributed by atoms with Crippen LogP contribution >= 0.6 is 0 Å². The van der Waals surface area contributed by atoms with E-state index >= 15 is 0 Å². The van der Waals surface area contributed by atoms with Crippen LogP contribution in [0.4, 0.5) is 0 Å². The molecule has 0 unspecified atom stereocenters. The molecule has 3 fully saturated rings. The maximum Gasteiger partial charge on any atom is 0.239 e. The third-order valence-corrected chi connectivity index (χ3v) is 10.2. The second-order valence-electron chi connectivity index (χ2n) is 14.6. The van der Waals surface area contributed by atoms with Crippen LogP contribution in [-0.2, 0) is 25.4 Å². The average molecular weight is 809 g/mol. The van der Waals surface area contributed by atoms with Gasteiger partial charge >= 0.3 is 0 Å². The highest BCUT2D eigenvalue weighted by Gasteiger charge is 2.51. The molecule has 19 heteroatoms. The van der Waals surface area contributed by atoms with Crippen LogP contribution in [0, 0.1) is 0 Å². The molecule has 3 saturated heterocycles. The molecule has 0 saturated carbocycles. The van der Waals surface area contributed by atoms with Crippen molar-refractivity contribution in [2.24, 2.45) is 0 Å². The lowest BCUT2D eigenvalue weighted by molar-refractivity contribution is -0.352. The van der Waals surface area contributed by atoms with Gasteiger partial charge in [-0.2, -0.15) is 0 Å². The summed E-state index contributed by atoms with van der Waals surface area (Å²) in [6.45, 7) is 5.64. The fourth-order valence-electron chi connectivity index (χ4n) is 6.80. The van der Waals surface area contributed by atoms with Gasteiger partial charge in [0.25, 0.3) is 0 Å². The van der Waals surface area contributed by atoms with Crippen molar-refractivity contribution in [2.45, 2.75) is 126 Å². The first kappa shape index (κ1) is 42.7. The Morgan fingerprint density at radius 3 is 1.96 bits per heavy atom. The van der Waals surface area contributed by atoms with E-state index in [2.05, 4.69) is 0 Å². The number of aromatic hydroxyl groups is 2. The van der Waals surface area contributed by atoms with Crippen molar-refractivity contribution in [2.75, 3.05) is 6.61 Å². The fraction of sp³-hybridized carbons (Fsp3) is 0.553. The lowest BCUT2D eigenvalue weighted by Crippen LogP contribution is -2.63. The van der Waals surface area contributed by atoms with Gasteiger partial charge in [-0.05, 0) is 58.4 Å². The summed E-state index contributed by atoms with van der Waals surface area (Å²) < 4.78 is 41.3. The van der Waals surface area contributed by atoms with E-state index in [9.17, 15) is 61.0 Å². The minimum absolute atomic E-state index is 0.00401. The first-order chi connectivity index (χ1) is 26.9. The molecule has 0 spiro atoms. The van der Waals surface area contributed by atoms with Crippen LogP contribution in [-0.4, -0.2) is 155 Å². The third kappa shape index (κ3) is 8.35. The van der Waals surface area contributed by atoms with Crippen molar-refractivity contribution in [3.05, 3.63) is 57.8 Å². The second kappa shape index (κ2) is 17.1. The fourth-order valence-corrected chi connectivity index (χ4v) is 6.80. The number of allylic oxidation sites excluding steroid dienone is 2. The van der Waals surface area contributed by atoms with Crippen molar-refractivity contribution < 1.29 is 89.0 Å². The van der Waals surface area contributed by atoms with Crippen molar-refractivity contribution >= 4 is 11.0 Å². The Kier molecular flexibility index (Phi) is 12.8. The predicted molar refractivity (Wildman–Crippen MR) is 193 cm³/mol. The number of aliphatic hydroxyl groups is 9. The van der Waals surface area contributed by atoms with E-state index in [1.54, 1.807) is 19.9 Å². The summed E-state index contributed by atoms with van der Waals surface area (Å²) in [7, 11) is 0. The molecule has 2 aromatic carbocycles. The molecule has 4 heterocycles. The van der Waals surface area contributed by atoms with Crippen molar-refractivity contribution in [1.82, 2.24) is 0 Å². The molecule has 57 heavy (non-hydrogen) atoms. The van der Waals surface area contributed by atoms with Gasteiger partial charge in [0.1, 0.15) is 83.2 Å². The lowest BCUT2D eigenvalue weighted by Gasteiger charge is -2.45. The SMILES string of the molecule is CC(C)=CCc1c(O[C@@H]2O[C@H](CO)[C@@H](O)[C@H](O)[C@H]2O)cc(O)c2c(=O)c(O[C@@H]3O[C@@H](C)[C@H](O)[C@@H](O)[C@H]3O[C@H]3O[C@@H](C)[C@H](O)[C@@H](O)[C@H]3O)c(-c3ccc(O)cc3)oc12. The monoisotopic (exact) mass is 808 g/mol. The molecule has 15 atom stereocenters. The molecule has 314 valence electrons. The van der Waals surface area contributed by atoms with Gasteiger partial charge in [0.2, 0.25) is 23.8 Å². The van der Waals surface area contributed by atoms with Crippen LogP contribution in [0.5, 0.6) is 23.0 Å². The zero-order valence-electron chi connectivity index (χ0n) is 31.2. The number of ether oxygens (including phenoxy) is 6. The minimum atomic E-state index is -1.84. The Bertz CT molecular complexity index is 1960. The van der Waals surface area contributed by atoms with E-state index in [0.717, 1.165) is 11.6 Å².